The van der Waals surface area contributed by atoms with Crippen LogP contribution in [0, 0.1) is 5.92 Å². The number of likely N-dealkylation sites (tertiary alicyclic amines) is 1. The number of aromatic nitrogens is 2. The fourth-order valence-corrected chi connectivity index (χ4v) is 2.45. The third-order valence-electron chi connectivity index (χ3n) is 3.38. The van der Waals surface area contributed by atoms with E-state index in [1.807, 2.05) is 0 Å². The van der Waals surface area contributed by atoms with Gasteiger partial charge in [0.15, 0.2) is 5.69 Å². The van der Waals surface area contributed by atoms with Crippen LogP contribution >= 0.6 is 11.6 Å². The second-order valence-corrected chi connectivity index (χ2v) is 5.17. The summed E-state index contributed by atoms with van der Waals surface area (Å²) in [4.78, 5) is 9.27. The van der Waals surface area contributed by atoms with Gasteiger partial charge in [0.1, 0.15) is 5.82 Å². The van der Waals surface area contributed by atoms with Crippen LogP contribution in [0.4, 0.5) is 19.0 Å². The highest BCUT2D eigenvalue weighted by Crippen LogP contribution is 2.29. The molecule has 0 radical (unpaired) electrons. The largest absolute Gasteiger partial charge is 0.433 e. The molecule has 8 heteroatoms. The Morgan fingerprint density at radius 3 is 2.80 bits per heavy atom. The van der Waals surface area contributed by atoms with Crippen LogP contribution in [0.25, 0.3) is 0 Å². The zero-order chi connectivity index (χ0) is 14.8. The Hall–Kier alpha value is -1.08. The molecule has 0 bridgehead atoms. The van der Waals surface area contributed by atoms with Crippen molar-refractivity contribution in [2.45, 2.75) is 19.5 Å². The molecule has 1 fully saturated rings. The molecule has 1 saturated heterocycles. The van der Waals surface area contributed by atoms with E-state index in [1.54, 1.807) is 0 Å². The van der Waals surface area contributed by atoms with E-state index in [4.69, 9.17) is 11.6 Å². The predicted molar refractivity (Wildman–Crippen MR) is 70.8 cm³/mol. The van der Waals surface area contributed by atoms with Crippen LogP contribution in [0.15, 0.2) is 6.07 Å². The van der Waals surface area contributed by atoms with Gasteiger partial charge in [0.2, 0.25) is 5.28 Å². The first-order valence-electron chi connectivity index (χ1n) is 6.46. The molecule has 0 aromatic carbocycles. The highest BCUT2D eigenvalue weighted by Gasteiger charge is 2.33. The molecule has 2 rings (SSSR count). The normalized spacial score (nSPS) is 20.4. The third kappa shape index (κ3) is 3.96. The number of hydrogen-bond acceptors (Lipinski definition) is 4. The van der Waals surface area contributed by atoms with E-state index in [1.165, 1.54) is 0 Å². The first kappa shape index (κ1) is 15.3. The van der Waals surface area contributed by atoms with E-state index in [0.29, 0.717) is 12.5 Å². The average molecular weight is 309 g/mol. The van der Waals surface area contributed by atoms with Crippen LogP contribution in [0.5, 0.6) is 0 Å². The molecule has 4 nitrogen and oxygen atoms in total. The summed E-state index contributed by atoms with van der Waals surface area (Å²) in [5, 5.41) is 2.52. The number of nitrogens with zero attached hydrogens (tertiary/aromatic N) is 3. The number of alkyl halides is 3. The number of nitrogens with one attached hydrogen (secondary N) is 1. The maximum atomic E-state index is 12.6. The number of hydrogen-bond donors (Lipinski definition) is 1. The van der Waals surface area contributed by atoms with E-state index in [2.05, 4.69) is 27.1 Å². The third-order valence-corrected chi connectivity index (χ3v) is 3.55. The Bertz CT molecular complexity index is 467. The highest BCUT2D eigenvalue weighted by molar-refractivity contribution is 6.28. The van der Waals surface area contributed by atoms with Crippen molar-refractivity contribution >= 4 is 17.4 Å². The highest BCUT2D eigenvalue weighted by atomic mass is 35.5. The summed E-state index contributed by atoms with van der Waals surface area (Å²) in [5.74, 6) is 0.533. The SMILES string of the molecule is CCN1CCC(CNc2cc(C(F)(F)F)nc(Cl)n2)C1. The summed E-state index contributed by atoms with van der Waals surface area (Å²) < 4.78 is 37.8. The second-order valence-electron chi connectivity index (χ2n) is 4.83. The van der Waals surface area contributed by atoms with Crippen LogP contribution in [0.2, 0.25) is 5.28 Å². The van der Waals surface area contributed by atoms with Gasteiger partial charge in [0.25, 0.3) is 0 Å². The minimum atomic E-state index is -4.52. The molecule has 0 amide bonds. The minimum Gasteiger partial charge on any atom is -0.370 e. The second kappa shape index (κ2) is 6.13. The smallest absolute Gasteiger partial charge is 0.370 e. The Morgan fingerprint density at radius 1 is 1.45 bits per heavy atom. The van der Waals surface area contributed by atoms with Crippen LogP contribution in [-0.4, -0.2) is 41.0 Å². The van der Waals surface area contributed by atoms with Gasteiger partial charge in [-0.05, 0) is 37.0 Å². The summed E-state index contributed by atoms with van der Waals surface area (Å²) in [7, 11) is 0. The van der Waals surface area contributed by atoms with Gasteiger partial charge in [-0.15, -0.1) is 0 Å². The van der Waals surface area contributed by atoms with Crippen LogP contribution in [0.1, 0.15) is 19.0 Å². The molecule has 1 unspecified atom stereocenters. The zero-order valence-corrected chi connectivity index (χ0v) is 11.8. The van der Waals surface area contributed by atoms with Crippen molar-refractivity contribution in [1.29, 1.82) is 0 Å². The molecule has 0 aliphatic carbocycles. The van der Waals surface area contributed by atoms with Crippen molar-refractivity contribution in [3.8, 4) is 0 Å². The van der Waals surface area contributed by atoms with E-state index in [0.717, 1.165) is 32.1 Å². The monoisotopic (exact) mass is 308 g/mol. The fraction of sp³-hybridized carbons (Fsp3) is 0.667. The van der Waals surface area contributed by atoms with E-state index in [-0.39, 0.29) is 5.82 Å². The van der Waals surface area contributed by atoms with Gasteiger partial charge in [-0.25, -0.2) is 9.97 Å². The van der Waals surface area contributed by atoms with Crippen molar-refractivity contribution in [1.82, 2.24) is 14.9 Å². The molecule has 1 atom stereocenters. The topological polar surface area (TPSA) is 41.0 Å². The van der Waals surface area contributed by atoms with Crippen molar-refractivity contribution in [2.75, 3.05) is 31.5 Å². The van der Waals surface area contributed by atoms with Gasteiger partial charge < -0.3 is 10.2 Å². The first-order chi connectivity index (χ1) is 9.38. The lowest BCUT2D eigenvalue weighted by Gasteiger charge is -2.14. The van der Waals surface area contributed by atoms with Gasteiger partial charge in [0, 0.05) is 19.2 Å². The Kier molecular flexibility index (Phi) is 4.70. The number of rotatable bonds is 4. The van der Waals surface area contributed by atoms with Gasteiger partial charge in [-0.1, -0.05) is 6.92 Å². The Morgan fingerprint density at radius 2 is 2.20 bits per heavy atom. The summed E-state index contributed by atoms with van der Waals surface area (Å²) in [6.07, 6.45) is -3.48. The van der Waals surface area contributed by atoms with Gasteiger partial charge >= 0.3 is 6.18 Å². The maximum Gasteiger partial charge on any atom is 0.433 e. The van der Waals surface area contributed by atoms with Gasteiger partial charge in [-0.3, -0.25) is 0 Å². The molecule has 112 valence electrons. The number of halogens is 4. The van der Waals surface area contributed by atoms with Crippen molar-refractivity contribution in [3.63, 3.8) is 0 Å². The lowest BCUT2D eigenvalue weighted by atomic mass is 10.1. The molecular weight excluding hydrogens is 293 g/mol. The fourth-order valence-electron chi connectivity index (χ4n) is 2.27. The van der Waals surface area contributed by atoms with E-state index >= 15 is 0 Å². The summed E-state index contributed by atoms with van der Waals surface area (Å²) >= 11 is 5.53. The van der Waals surface area contributed by atoms with Gasteiger partial charge in [-0.2, -0.15) is 13.2 Å². The Labute approximate surface area is 120 Å². The molecule has 1 N–H and O–H groups in total. The van der Waals surface area contributed by atoms with Crippen molar-refractivity contribution in [2.24, 2.45) is 5.92 Å². The summed E-state index contributed by atoms with van der Waals surface area (Å²) in [6.45, 7) is 5.65. The standard InChI is InChI=1S/C12H16ClF3N4/c1-2-20-4-3-8(7-20)6-17-10-5-9(12(14,15)16)18-11(13)19-10/h5,8H,2-4,6-7H2,1H3,(H,17,18,19). The van der Waals surface area contributed by atoms with E-state index in [9.17, 15) is 13.2 Å². The molecule has 1 aromatic heterocycles. The van der Waals surface area contributed by atoms with Gasteiger partial charge in [0.05, 0.1) is 0 Å². The molecule has 0 saturated carbocycles. The first-order valence-corrected chi connectivity index (χ1v) is 6.84. The van der Waals surface area contributed by atoms with E-state index < -0.39 is 17.2 Å². The molecule has 0 spiro atoms. The minimum absolute atomic E-state index is 0.118. The molecule has 1 aromatic rings. The lowest BCUT2D eigenvalue weighted by molar-refractivity contribution is -0.141. The van der Waals surface area contributed by atoms with Crippen LogP contribution in [-0.2, 0) is 6.18 Å². The van der Waals surface area contributed by atoms with Crippen molar-refractivity contribution in [3.05, 3.63) is 17.0 Å². The summed E-state index contributed by atoms with van der Waals surface area (Å²) in [6, 6.07) is 0.887. The molecule has 2 heterocycles. The molecule has 1 aliphatic rings. The molecular formula is C12H16ClF3N4. The Balaban J connectivity index is 1.98. The quantitative estimate of drug-likeness (QED) is 0.868. The lowest BCUT2D eigenvalue weighted by Crippen LogP contribution is -2.23. The molecule has 1 aliphatic heterocycles. The van der Waals surface area contributed by atoms with Crippen LogP contribution in [0.3, 0.4) is 0 Å². The zero-order valence-electron chi connectivity index (χ0n) is 11.0. The maximum absolute atomic E-state index is 12.6. The van der Waals surface area contributed by atoms with Crippen LogP contribution < -0.4 is 5.32 Å². The van der Waals surface area contributed by atoms with Crippen molar-refractivity contribution < 1.29 is 13.2 Å². The average Bonchev–Trinajstić information content (AvgIpc) is 2.82. The molecule has 20 heavy (non-hydrogen) atoms. The predicted octanol–water partition coefficient (Wildman–Crippen LogP) is 2.90. The number of anilines is 1. The summed E-state index contributed by atoms with van der Waals surface area (Å²) in [5.41, 5.74) is -1.03.